The molecule has 2 aromatic rings. The largest absolute Gasteiger partial charge is 0.444 e. The smallest absolute Gasteiger partial charge is 0.410 e. The molecule has 2 aliphatic rings. The molecule has 2 unspecified atom stereocenters. The lowest BCUT2D eigenvalue weighted by atomic mass is 10.0. The predicted molar refractivity (Wildman–Crippen MR) is 218 cm³/mol. The number of nitrogens with two attached hydrogens (primary N) is 1. The van der Waals surface area contributed by atoms with Crippen LogP contribution in [0.2, 0.25) is 0 Å². The lowest BCUT2D eigenvalue weighted by Gasteiger charge is -2.37. The van der Waals surface area contributed by atoms with Crippen LogP contribution < -0.4 is 11.1 Å². The van der Waals surface area contributed by atoms with Crippen molar-refractivity contribution in [2.75, 3.05) is 45.9 Å². The Labute approximate surface area is 348 Å². The maximum absolute atomic E-state index is 13.6. The molecule has 59 heavy (non-hydrogen) atoms. The number of alkyl carbamates (subject to hydrolysis) is 1. The fourth-order valence-corrected chi connectivity index (χ4v) is 6.93. The summed E-state index contributed by atoms with van der Waals surface area (Å²) >= 11 is 0. The van der Waals surface area contributed by atoms with E-state index in [1.54, 1.807) is 46.4 Å². The van der Waals surface area contributed by atoms with Crippen LogP contribution in [0.3, 0.4) is 0 Å². The van der Waals surface area contributed by atoms with E-state index in [0.29, 0.717) is 26.1 Å². The number of aliphatic hydroxyl groups is 3. The summed E-state index contributed by atoms with van der Waals surface area (Å²) in [5.74, 6) is -0.789. The van der Waals surface area contributed by atoms with Gasteiger partial charge in [0.25, 0.3) is 0 Å². The number of nitrogens with one attached hydrogen (secondary N) is 1. The number of hydrogen-bond acceptors (Lipinski definition) is 13. The number of aliphatic hydroxyl groups excluding tert-OH is 3. The van der Waals surface area contributed by atoms with Gasteiger partial charge in [-0.1, -0.05) is 60.7 Å². The Morgan fingerprint density at radius 1 is 0.814 bits per heavy atom. The molecule has 3 amide bonds. The number of hydrogen-bond donors (Lipinski definition) is 5. The molecule has 2 heterocycles. The first kappa shape index (κ1) is 47.8. The third-order valence-electron chi connectivity index (χ3n) is 9.65. The number of rotatable bonds is 19. The zero-order valence-electron chi connectivity index (χ0n) is 35.4. The molecule has 2 saturated heterocycles. The minimum Gasteiger partial charge on any atom is -0.444 e. The van der Waals surface area contributed by atoms with Crippen LogP contribution in [0.1, 0.15) is 97.4 Å². The molecular formula is C43H66N4O12. The highest BCUT2D eigenvalue weighted by Crippen LogP contribution is 2.30. The number of amides is 3. The van der Waals surface area contributed by atoms with E-state index in [4.69, 9.17) is 34.2 Å². The van der Waals surface area contributed by atoms with Gasteiger partial charge in [0.1, 0.15) is 23.3 Å². The van der Waals surface area contributed by atoms with E-state index in [-0.39, 0.29) is 58.1 Å². The van der Waals surface area contributed by atoms with Gasteiger partial charge in [-0.3, -0.25) is 14.6 Å². The molecule has 0 saturated carbocycles. The van der Waals surface area contributed by atoms with Crippen molar-refractivity contribution in [1.29, 1.82) is 0 Å². The van der Waals surface area contributed by atoms with Crippen LogP contribution in [0.4, 0.5) is 9.59 Å². The molecule has 330 valence electrons. The number of benzene rings is 2. The first-order valence-electron chi connectivity index (χ1n) is 20.5. The van der Waals surface area contributed by atoms with Gasteiger partial charge < -0.3 is 54.8 Å². The van der Waals surface area contributed by atoms with Crippen LogP contribution in [-0.2, 0) is 33.2 Å². The predicted octanol–water partition coefficient (Wildman–Crippen LogP) is 4.17. The average molecular weight is 831 g/mol. The Bertz CT molecular complexity index is 1570. The second-order valence-corrected chi connectivity index (χ2v) is 17.1. The first-order valence-corrected chi connectivity index (χ1v) is 20.5. The van der Waals surface area contributed by atoms with E-state index in [1.807, 2.05) is 60.7 Å². The highest BCUT2D eigenvalue weighted by molar-refractivity contribution is 5.84. The van der Waals surface area contributed by atoms with E-state index in [2.05, 4.69) is 5.32 Å². The Kier molecular flexibility index (Phi) is 18.4. The number of nitrogens with zero attached hydrogens (tertiary/aromatic N) is 2. The van der Waals surface area contributed by atoms with E-state index >= 15 is 0 Å². The van der Waals surface area contributed by atoms with Crippen LogP contribution in [0.15, 0.2) is 60.7 Å². The Balaban J connectivity index is 1.46. The Morgan fingerprint density at radius 3 is 1.97 bits per heavy atom. The minimum atomic E-state index is -1.29. The number of carbonyl (C=O) groups excluding carboxylic acids is 3. The van der Waals surface area contributed by atoms with Crippen LogP contribution >= 0.6 is 0 Å². The maximum Gasteiger partial charge on any atom is 0.410 e. The van der Waals surface area contributed by atoms with Crippen molar-refractivity contribution in [2.45, 2.75) is 134 Å². The molecule has 2 aliphatic heterocycles. The lowest BCUT2D eigenvalue weighted by Crippen LogP contribution is -2.52. The minimum absolute atomic E-state index is 0.00383. The quantitative estimate of drug-likeness (QED) is 0.135. The van der Waals surface area contributed by atoms with Gasteiger partial charge in [0.2, 0.25) is 5.91 Å². The molecule has 6 N–H and O–H groups in total. The van der Waals surface area contributed by atoms with Gasteiger partial charge in [0.15, 0.2) is 12.6 Å². The molecule has 0 radical (unpaired) electrons. The highest BCUT2D eigenvalue weighted by Gasteiger charge is 2.36. The summed E-state index contributed by atoms with van der Waals surface area (Å²) in [4.78, 5) is 41.8. The van der Waals surface area contributed by atoms with Crippen LogP contribution in [-0.4, -0.2) is 137 Å². The third kappa shape index (κ3) is 16.6. The molecule has 0 aromatic heterocycles. The van der Waals surface area contributed by atoms with E-state index in [0.717, 1.165) is 11.1 Å². The van der Waals surface area contributed by atoms with Crippen molar-refractivity contribution >= 4 is 18.1 Å². The molecule has 0 aliphatic carbocycles. The van der Waals surface area contributed by atoms with Crippen molar-refractivity contribution < 1.29 is 58.1 Å². The molecule has 0 spiro atoms. The van der Waals surface area contributed by atoms with Crippen LogP contribution in [0.5, 0.6) is 0 Å². The van der Waals surface area contributed by atoms with Gasteiger partial charge in [-0.2, -0.15) is 0 Å². The summed E-state index contributed by atoms with van der Waals surface area (Å²) in [6, 6.07) is 17.8. The standard InChI is InChI=1S/C43H66N4O12/c1-42(2,3)58-40(52)45-21-18-33(37(44)51)47(41(53)59-43(4,5)6)23-13-22-46(27-31(48)26-32-19-24-54-38(56-32)29-14-9-7-10-15-29)28-34(49)36(50)35-20-25-55-39(57-35)30-16-11-8-12-17-30/h7-12,14-17,31-36,38-39,48-50H,13,18-28H2,1-6H3,(H2,44,51)(H,45,52)/t31-,32-,33+,34+,35-,36-,38?,39?/m1/s1. The van der Waals surface area contributed by atoms with Crippen molar-refractivity contribution in [3.05, 3.63) is 71.8 Å². The molecule has 16 nitrogen and oxygen atoms in total. The molecule has 16 heteroatoms. The van der Waals surface area contributed by atoms with Gasteiger partial charge in [-0.05, 0) is 67.2 Å². The third-order valence-corrected chi connectivity index (χ3v) is 9.65. The highest BCUT2D eigenvalue weighted by atomic mass is 16.7. The Hall–Kier alpha value is -3.87. The zero-order chi connectivity index (χ0) is 43.2. The van der Waals surface area contributed by atoms with E-state index in [9.17, 15) is 29.7 Å². The van der Waals surface area contributed by atoms with Crippen LogP contribution in [0.25, 0.3) is 0 Å². The van der Waals surface area contributed by atoms with Gasteiger partial charge >= 0.3 is 12.2 Å². The topological polar surface area (TPSA) is 212 Å². The summed E-state index contributed by atoms with van der Waals surface area (Å²) in [6.07, 6.45) is -5.76. The van der Waals surface area contributed by atoms with E-state index < -0.39 is 72.3 Å². The molecule has 8 atom stereocenters. The zero-order valence-corrected chi connectivity index (χ0v) is 35.4. The number of carbonyl (C=O) groups is 3. The summed E-state index contributed by atoms with van der Waals surface area (Å²) in [6.45, 7) is 11.3. The molecule has 4 rings (SSSR count). The lowest BCUT2D eigenvalue weighted by molar-refractivity contribution is -0.247. The molecular weight excluding hydrogens is 764 g/mol. The molecule has 2 aromatic carbocycles. The maximum atomic E-state index is 13.6. The van der Waals surface area contributed by atoms with Crippen molar-refractivity contribution in [3.8, 4) is 0 Å². The van der Waals surface area contributed by atoms with Gasteiger partial charge in [-0.25, -0.2) is 9.59 Å². The van der Waals surface area contributed by atoms with Crippen LogP contribution in [0, 0.1) is 0 Å². The van der Waals surface area contributed by atoms with Crippen molar-refractivity contribution in [3.63, 3.8) is 0 Å². The van der Waals surface area contributed by atoms with Crippen molar-refractivity contribution in [1.82, 2.24) is 15.1 Å². The molecule has 2 fully saturated rings. The molecule has 0 bridgehead atoms. The summed E-state index contributed by atoms with van der Waals surface area (Å²) in [5, 5.41) is 36.9. The Morgan fingerprint density at radius 2 is 1.39 bits per heavy atom. The van der Waals surface area contributed by atoms with Gasteiger partial charge in [-0.15, -0.1) is 0 Å². The normalized spacial score (nSPS) is 22.1. The fourth-order valence-electron chi connectivity index (χ4n) is 6.93. The fraction of sp³-hybridized carbons (Fsp3) is 0.651. The SMILES string of the molecule is CC(C)(C)OC(=O)NCC[C@@H](C(N)=O)N(CCCN(C[C@H](O)C[C@H]1CCOC(c2ccccc2)O1)C[C@H](O)[C@@H](O)[C@H]1CCOC(c2ccccc2)O1)C(=O)OC(C)(C)C. The van der Waals surface area contributed by atoms with Gasteiger partial charge in [0.05, 0.1) is 37.6 Å². The number of ether oxygens (including phenoxy) is 6. The van der Waals surface area contributed by atoms with E-state index in [1.165, 1.54) is 4.90 Å². The van der Waals surface area contributed by atoms with Crippen molar-refractivity contribution in [2.24, 2.45) is 5.73 Å². The summed E-state index contributed by atoms with van der Waals surface area (Å²) in [7, 11) is 0. The number of primary amides is 1. The van der Waals surface area contributed by atoms with Gasteiger partial charge in [0, 0.05) is 50.3 Å². The average Bonchev–Trinajstić information content (AvgIpc) is 3.17. The summed E-state index contributed by atoms with van der Waals surface area (Å²) in [5.41, 5.74) is 5.87. The summed E-state index contributed by atoms with van der Waals surface area (Å²) < 4.78 is 34.9. The first-order chi connectivity index (χ1) is 27.9. The second-order valence-electron chi connectivity index (χ2n) is 17.1. The second kappa shape index (κ2) is 22.7. The monoisotopic (exact) mass is 830 g/mol.